The van der Waals surface area contributed by atoms with Crippen molar-refractivity contribution in [3.63, 3.8) is 0 Å². The van der Waals surface area contributed by atoms with Crippen molar-refractivity contribution in [2.75, 3.05) is 22.7 Å². The first kappa shape index (κ1) is 16.4. The lowest BCUT2D eigenvalue weighted by Gasteiger charge is -2.06. The molecule has 0 amide bonds. The first-order chi connectivity index (χ1) is 9.22. The van der Waals surface area contributed by atoms with Gasteiger partial charge in [-0.15, -0.1) is 0 Å². The van der Waals surface area contributed by atoms with Crippen molar-refractivity contribution in [1.82, 2.24) is 4.98 Å². The van der Waals surface area contributed by atoms with Crippen LogP contribution >= 0.6 is 0 Å². The van der Waals surface area contributed by atoms with Crippen molar-refractivity contribution in [2.45, 2.75) is 6.42 Å². The lowest BCUT2D eigenvalue weighted by Crippen LogP contribution is -2.22. The molecule has 9 heteroatoms. The summed E-state index contributed by atoms with van der Waals surface area (Å²) in [5.74, 6) is 5.28. The van der Waals surface area contributed by atoms with E-state index in [9.17, 15) is 16.8 Å². The van der Waals surface area contributed by atoms with Crippen molar-refractivity contribution in [2.24, 2.45) is 0 Å². The smallest absolute Gasteiger partial charge is 0.248 e. The fourth-order valence-corrected chi connectivity index (χ4v) is 4.16. The predicted octanol–water partition coefficient (Wildman–Crippen LogP) is -0.441. The van der Waals surface area contributed by atoms with Crippen molar-refractivity contribution in [3.8, 4) is 11.8 Å². The van der Waals surface area contributed by atoms with Crippen LogP contribution in [0.3, 0.4) is 0 Å². The monoisotopic (exact) mass is 318 g/mol. The Bertz CT molecular complexity index is 730. The van der Waals surface area contributed by atoms with Crippen LogP contribution in [0, 0.1) is 11.8 Å². The molecular weight excluding hydrogens is 304 g/mol. The van der Waals surface area contributed by atoms with Crippen molar-refractivity contribution >= 4 is 25.7 Å². The van der Waals surface area contributed by atoms with E-state index in [4.69, 9.17) is 5.11 Å². The zero-order valence-corrected chi connectivity index (χ0v) is 12.3. The van der Waals surface area contributed by atoms with Crippen LogP contribution < -0.4 is 4.72 Å². The maximum Gasteiger partial charge on any atom is 0.248 e. The maximum absolute atomic E-state index is 11.6. The first-order valence-electron chi connectivity index (χ1n) is 5.47. The number of rotatable bonds is 5. The summed E-state index contributed by atoms with van der Waals surface area (Å²) in [6.45, 7) is -0.0757. The first-order valence-corrected chi connectivity index (χ1v) is 9.18. The number of pyridine rings is 1. The largest absolute Gasteiger partial charge is 0.395 e. The van der Waals surface area contributed by atoms with Crippen LogP contribution in [0.25, 0.3) is 0 Å². The fraction of sp³-hybridized carbons (Fsp3) is 0.364. The number of hydrogen-bond acceptors (Lipinski definition) is 6. The summed E-state index contributed by atoms with van der Waals surface area (Å²) in [5.41, 5.74) is 0.318. The Balaban J connectivity index is 2.89. The highest BCUT2D eigenvalue weighted by Gasteiger charge is 2.18. The van der Waals surface area contributed by atoms with Gasteiger partial charge in [0.05, 0.1) is 6.61 Å². The highest BCUT2D eigenvalue weighted by molar-refractivity contribution is 8.08. The lowest BCUT2D eigenvalue weighted by atomic mass is 10.3. The Morgan fingerprint density at radius 3 is 2.60 bits per heavy atom. The zero-order valence-electron chi connectivity index (χ0n) is 10.7. The van der Waals surface area contributed by atoms with Gasteiger partial charge in [0.25, 0.3) is 0 Å². The van der Waals surface area contributed by atoms with E-state index in [1.165, 1.54) is 12.1 Å². The molecule has 1 aromatic rings. The number of nitrogens with zero attached hydrogens (tertiary/aromatic N) is 1. The van der Waals surface area contributed by atoms with E-state index in [1.807, 2.05) is 0 Å². The second kappa shape index (κ2) is 6.69. The van der Waals surface area contributed by atoms with Crippen molar-refractivity contribution < 1.29 is 21.9 Å². The molecule has 0 unspecified atom stereocenters. The van der Waals surface area contributed by atoms with Crippen LogP contribution in [-0.2, 0) is 19.9 Å². The average Bonchev–Trinajstić information content (AvgIpc) is 2.25. The molecule has 0 aliphatic heterocycles. The van der Waals surface area contributed by atoms with E-state index in [-0.39, 0.29) is 18.8 Å². The van der Waals surface area contributed by atoms with Gasteiger partial charge in [0, 0.05) is 12.7 Å². The molecule has 0 fully saturated rings. The van der Waals surface area contributed by atoms with Gasteiger partial charge in [-0.2, -0.15) is 0 Å². The molecule has 0 aliphatic rings. The van der Waals surface area contributed by atoms with Gasteiger partial charge in [-0.25, -0.2) is 21.8 Å². The molecule has 110 valence electrons. The van der Waals surface area contributed by atoms with E-state index >= 15 is 0 Å². The molecular formula is C11H14N2O5S2. The van der Waals surface area contributed by atoms with Crippen LogP contribution in [0.2, 0.25) is 0 Å². The van der Waals surface area contributed by atoms with Crippen LogP contribution in [0.5, 0.6) is 0 Å². The molecule has 0 aromatic carbocycles. The van der Waals surface area contributed by atoms with Gasteiger partial charge < -0.3 is 5.11 Å². The summed E-state index contributed by atoms with van der Waals surface area (Å²) in [6, 6.07) is 4.49. The molecule has 0 bridgehead atoms. The molecule has 7 nitrogen and oxygen atoms in total. The summed E-state index contributed by atoms with van der Waals surface area (Å²) in [7, 11) is -7.69. The number of sulfonamides is 1. The third kappa shape index (κ3) is 6.51. The number of hydrogen-bond donors (Lipinski definition) is 2. The molecule has 20 heavy (non-hydrogen) atoms. The number of anilines is 1. The van der Waals surface area contributed by atoms with Crippen molar-refractivity contribution in [3.05, 3.63) is 23.9 Å². The summed E-state index contributed by atoms with van der Waals surface area (Å²) in [6.07, 6.45) is 1.11. The van der Waals surface area contributed by atoms with Gasteiger partial charge >= 0.3 is 0 Å². The second-order valence-corrected chi connectivity index (χ2v) is 8.17. The normalized spacial score (nSPS) is 11.5. The molecule has 1 heterocycles. The molecule has 0 saturated heterocycles. The molecule has 0 saturated carbocycles. The third-order valence-electron chi connectivity index (χ3n) is 1.83. The Morgan fingerprint density at radius 1 is 1.30 bits per heavy atom. The molecule has 1 aromatic heterocycles. The summed E-state index contributed by atoms with van der Waals surface area (Å²) < 4.78 is 47.2. The molecule has 0 atom stereocenters. The quantitative estimate of drug-likeness (QED) is 0.712. The topological polar surface area (TPSA) is 113 Å². The standard InChI is InChI=1S/C11H14N2O5S2/c1-19(15,16)9-20(17,18)13-11-7-4-6-10(12-11)5-2-3-8-14/h4,6-7,14H,3,8-9H2,1H3,(H,12,13). The summed E-state index contributed by atoms with van der Waals surface area (Å²) >= 11 is 0. The SMILES string of the molecule is CS(=O)(=O)CS(=O)(=O)Nc1cccc(C#CCCO)n1. The number of aliphatic hydroxyl groups excluding tert-OH is 1. The predicted molar refractivity (Wildman–Crippen MR) is 75.1 cm³/mol. The summed E-state index contributed by atoms with van der Waals surface area (Å²) in [4.78, 5) is 3.92. The minimum absolute atomic E-state index is 0.00977. The van der Waals surface area contributed by atoms with E-state index in [1.54, 1.807) is 6.07 Å². The Kier molecular flexibility index (Phi) is 5.50. The Hall–Kier alpha value is -1.63. The molecule has 1 rings (SSSR count). The third-order valence-corrected chi connectivity index (χ3v) is 5.31. The minimum Gasteiger partial charge on any atom is -0.395 e. The average molecular weight is 318 g/mol. The van der Waals surface area contributed by atoms with Crippen molar-refractivity contribution in [1.29, 1.82) is 0 Å². The van der Waals surface area contributed by atoms with Gasteiger partial charge in [-0.05, 0) is 18.1 Å². The number of nitrogens with one attached hydrogen (secondary N) is 1. The number of aromatic nitrogens is 1. The molecule has 0 radical (unpaired) electrons. The maximum atomic E-state index is 11.6. The molecule has 0 spiro atoms. The lowest BCUT2D eigenvalue weighted by molar-refractivity contribution is 0.305. The van der Waals surface area contributed by atoms with Crippen LogP contribution in [0.4, 0.5) is 5.82 Å². The van der Waals surface area contributed by atoms with Gasteiger partial charge in [0.15, 0.2) is 14.9 Å². The van der Waals surface area contributed by atoms with Crippen LogP contribution in [-0.4, -0.2) is 44.9 Å². The van der Waals surface area contributed by atoms with Gasteiger partial charge in [0.2, 0.25) is 10.0 Å². The van der Waals surface area contributed by atoms with E-state index in [2.05, 4.69) is 21.5 Å². The highest BCUT2D eigenvalue weighted by atomic mass is 32.3. The molecule has 0 aliphatic carbocycles. The Morgan fingerprint density at radius 2 is 2.00 bits per heavy atom. The second-order valence-electron chi connectivity index (χ2n) is 3.94. The minimum atomic E-state index is -4.02. The summed E-state index contributed by atoms with van der Waals surface area (Å²) in [5, 5.41) is 7.58. The van der Waals surface area contributed by atoms with Gasteiger partial charge in [0.1, 0.15) is 11.5 Å². The fourth-order valence-electron chi connectivity index (χ4n) is 1.24. The molecule has 2 N–H and O–H groups in total. The Labute approximate surface area is 118 Å². The number of sulfone groups is 1. The van der Waals surface area contributed by atoms with E-state index in [0.717, 1.165) is 6.26 Å². The highest BCUT2D eigenvalue weighted by Crippen LogP contribution is 2.08. The number of aliphatic hydroxyl groups is 1. The van der Waals surface area contributed by atoms with E-state index < -0.39 is 24.9 Å². The van der Waals surface area contributed by atoms with E-state index in [0.29, 0.717) is 5.69 Å². The van der Waals surface area contributed by atoms with Gasteiger partial charge in [-0.1, -0.05) is 12.0 Å². The van der Waals surface area contributed by atoms with Crippen LogP contribution in [0.1, 0.15) is 12.1 Å². The van der Waals surface area contributed by atoms with Crippen LogP contribution in [0.15, 0.2) is 18.2 Å². The van der Waals surface area contributed by atoms with Gasteiger partial charge in [-0.3, -0.25) is 4.72 Å². The zero-order chi connectivity index (χ0) is 15.2.